The molecule has 0 aromatic heterocycles. The van der Waals surface area contributed by atoms with E-state index in [4.69, 9.17) is 0 Å². The summed E-state index contributed by atoms with van der Waals surface area (Å²) in [7, 11) is -0.518. The number of benzene rings is 1. The molecule has 21 heavy (non-hydrogen) atoms. The van der Waals surface area contributed by atoms with Crippen molar-refractivity contribution in [2.45, 2.75) is 32.1 Å². The van der Waals surface area contributed by atoms with Crippen LogP contribution >= 0.6 is 0 Å². The summed E-state index contributed by atoms with van der Waals surface area (Å²) in [5.41, 5.74) is 2.32. The molecule has 0 aliphatic heterocycles. The normalized spacial score (nSPS) is 21.4. The summed E-state index contributed by atoms with van der Waals surface area (Å²) in [5, 5.41) is 2.87. The van der Waals surface area contributed by atoms with Crippen molar-refractivity contribution in [3.8, 4) is 0 Å². The van der Waals surface area contributed by atoms with Crippen molar-refractivity contribution in [3.05, 3.63) is 23.3 Å². The number of hydrogen-bond donors (Lipinski definition) is 1. The summed E-state index contributed by atoms with van der Waals surface area (Å²) in [6, 6.07) is 3.18. The van der Waals surface area contributed by atoms with Gasteiger partial charge in [0, 0.05) is 25.7 Å². The number of aryl methyl sites for hydroxylation is 1. The van der Waals surface area contributed by atoms with Gasteiger partial charge in [-0.2, -0.15) is 0 Å². The van der Waals surface area contributed by atoms with Crippen molar-refractivity contribution in [3.63, 3.8) is 0 Å². The fraction of sp³-hybridized carbons (Fsp3) is 0.533. The fourth-order valence-corrected chi connectivity index (χ4v) is 3.24. The minimum Gasteiger partial charge on any atom is -0.326 e. The van der Waals surface area contributed by atoms with Crippen LogP contribution in [0.15, 0.2) is 17.0 Å². The van der Waals surface area contributed by atoms with Gasteiger partial charge in [0.1, 0.15) is 0 Å². The van der Waals surface area contributed by atoms with Crippen molar-refractivity contribution >= 4 is 21.6 Å². The molecule has 1 aromatic rings. The molecule has 116 valence electrons. The Morgan fingerprint density at radius 3 is 2.33 bits per heavy atom. The lowest BCUT2D eigenvalue weighted by Crippen LogP contribution is -2.23. The van der Waals surface area contributed by atoms with Crippen LogP contribution in [0.1, 0.15) is 24.5 Å². The average molecular weight is 310 g/mol. The predicted molar refractivity (Wildman–Crippen MR) is 82.7 cm³/mol. The number of rotatable bonds is 4. The van der Waals surface area contributed by atoms with Gasteiger partial charge in [-0.15, -0.1) is 0 Å². The molecule has 0 radical (unpaired) electrons. The monoisotopic (exact) mass is 310 g/mol. The van der Waals surface area contributed by atoms with E-state index in [1.165, 1.54) is 18.4 Å². The molecule has 1 amide bonds. The summed E-state index contributed by atoms with van der Waals surface area (Å²) in [5.74, 6) is 0.448. The van der Waals surface area contributed by atoms with Crippen LogP contribution < -0.4 is 5.32 Å². The first-order valence-electron chi connectivity index (χ1n) is 6.99. The zero-order valence-corrected chi connectivity index (χ0v) is 13.9. The SMILES string of the molecule is Cc1cc(S(=O)(=O)N(C)C)cc(NC(=O)[C@H]2C[C@H]2C)c1C. The molecule has 1 aliphatic rings. The van der Waals surface area contributed by atoms with Gasteiger partial charge >= 0.3 is 0 Å². The maximum Gasteiger partial charge on any atom is 0.242 e. The molecule has 0 saturated heterocycles. The van der Waals surface area contributed by atoms with E-state index >= 15 is 0 Å². The van der Waals surface area contributed by atoms with E-state index < -0.39 is 10.0 Å². The first kappa shape index (κ1) is 16.0. The molecular formula is C15H22N2O3S. The molecule has 5 nitrogen and oxygen atoms in total. The maximum absolute atomic E-state index is 12.2. The second kappa shape index (κ2) is 5.42. The van der Waals surface area contributed by atoms with Crippen LogP contribution in [0.25, 0.3) is 0 Å². The standard InChI is InChI=1S/C15H22N2O3S/c1-9-6-12(21(19,20)17(4)5)8-14(11(9)3)16-15(18)13-7-10(13)2/h6,8,10,13H,7H2,1-5H3,(H,16,18)/t10-,13+/m1/s1. The third kappa shape index (κ3) is 3.11. The van der Waals surface area contributed by atoms with Gasteiger partial charge in [0.15, 0.2) is 0 Å². The van der Waals surface area contributed by atoms with Crippen LogP contribution in [0.2, 0.25) is 0 Å². The van der Waals surface area contributed by atoms with Crippen molar-refractivity contribution in [2.24, 2.45) is 11.8 Å². The molecule has 1 aliphatic carbocycles. The van der Waals surface area contributed by atoms with Crippen LogP contribution in [-0.2, 0) is 14.8 Å². The molecule has 1 aromatic carbocycles. The lowest BCUT2D eigenvalue weighted by molar-refractivity contribution is -0.117. The highest BCUT2D eigenvalue weighted by Crippen LogP contribution is 2.39. The van der Waals surface area contributed by atoms with Gasteiger partial charge in [-0.05, 0) is 49.4 Å². The van der Waals surface area contributed by atoms with E-state index in [1.807, 2.05) is 20.8 Å². The zero-order valence-electron chi connectivity index (χ0n) is 13.1. The molecule has 2 atom stereocenters. The minimum absolute atomic E-state index is 0.0237. The lowest BCUT2D eigenvalue weighted by atomic mass is 10.1. The summed E-state index contributed by atoms with van der Waals surface area (Å²) in [6.07, 6.45) is 0.902. The van der Waals surface area contributed by atoms with Crippen LogP contribution in [-0.4, -0.2) is 32.7 Å². The van der Waals surface area contributed by atoms with Crippen molar-refractivity contribution in [1.29, 1.82) is 0 Å². The Hall–Kier alpha value is -1.40. The number of carbonyl (C=O) groups excluding carboxylic acids is 1. The Morgan fingerprint density at radius 1 is 1.29 bits per heavy atom. The molecule has 1 saturated carbocycles. The molecule has 0 heterocycles. The summed E-state index contributed by atoms with van der Waals surface area (Å²) in [4.78, 5) is 12.3. The number of nitrogens with one attached hydrogen (secondary N) is 1. The number of amides is 1. The van der Waals surface area contributed by atoms with Gasteiger partial charge in [0.05, 0.1) is 4.90 Å². The first-order valence-corrected chi connectivity index (χ1v) is 8.43. The highest BCUT2D eigenvalue weighted by Gasteiger charge is 2.39. The Balaban J connectivity index is 2.37. The van der Waals surface area contributed by atoms with Gasteiger partial charge in [0.2, 0.25) is 15.9 Å². The van der Waals surface area contributed by atoms with Crippen molar-refractivity contribution in [2.75, 3.05) is 19.4 Å². The number of nitrogens with zero attached hydrogens (tertiary/aromatic N) is 1. The quantitative estimate of drug-likeness (QED) is 0.926. The second-order valence-electron chi connectivity index (χ2n) is 6.01. The Labute approximate surface area is 126 Å². The summed E-state index contributed by atoms with van der Waals surface area (Å²) in [6.45, 7) is 5.77. The zero-order chi connectivity index (χ0) is 15.9. The highest BCUT2D eigenvalue weighted by molar-refractivity contribution is 7.89. The average Bonchev–Trinajstić information content (AvgIpc) is 3.11. The molecule has 1 N–H and O–H groups in total. The second-order valence-corrected chi connectivity index (χ2v) is 8.16. The van der Waals surface area contributed by atoms with Crippen LogP contribution in [0, 0.1) is 25.7 Å². The van der Waals surface area contributed by atoms with Gasteiger partial charge in [-0.25, -0.2) is 12.7 Å². The molecule has 6 heteroatoms. The van der Waals surface area contributed by atoms with Crippen LogP contribution in [0.5, 0.6) is 0 Å². The molecule has 0 bridgehead atoms. The molecule has 0 spiro atoms. The molecule has 2 rings (SSSR count). The molecular weight excluding hydrogens is 288 g/mol. The Morgan fingerprint density at radius 2 is 1.86 bits per heavy atom. The smallest absolute Gasteiger partial charge is 0.242 e. The Kier molecular flexibility index (Phi) is 4.13. The van der Waals surface area contributed by atoms with E-state index in [0.29, 0.717) is 11.6 Å². The minimum atomic E-state index is -3.51. The lowest BCUT2D eigenvalue weighted by Gasteiger charge is -2.16. The van der Waals surface area contributed by atoms with E-state index in [1.54, 1.807) is 12.1 Å². The fourth-order valence-electron chi connectivity index (χ4n) is 2.23. The van der Waals surface area contributed by atoms with Gasteiger partial charge in [0.25, 0.3) is 0 Å². The van der Waals surface area contributed by atoms with Gasteiger partial charge in [-0.1, -0.05) is 6.92 Å². The third-order valence-electron chi connectivity index (χ3n) is 4.12. The summed E-state index contributed by atoms with van der Waals surface area (Å²) < 4.78 is 25.7. The summed E-state index contributed by atoms with van der Waals surface area (Å²) >= 11 is 0. The number of anilines is 1. The number of sulfonamides is 1. The van der Waals surface area contributed by atoms with Crippen LogP contribution in [0.3, 0.4) is 0 Å². The van der Waals surface area contributed by atoms with Gasteiger partial charge < -0.3 is 5.32 Å². The molecule has 1 fully saturated rings. The Bertz CT molecular complexity index is 680. The van der Waals surface area contributed by atoms with Gasteiger partial charge in [-0.3, -0.25) is 4.79 Å². The van der Waals surface area contributed by atoms with Crippen molar-refractivity contribution < 1.29 is 13.2 Å². The largest absolute Gasteiger partial charge is 0.326 e. The van der Waals surface area contributed by atoms with E-state index in [-0.39, 0.29) is 16.7 Å². The van der Waals surface area contributed by atoms with Crippen molar-refractivity contribution in [1.82, 2.24) is 4.31 Å². The maximum atomic E-state index is 12.2. The third-order valence-corrected chi connectivity index (χ3v) is 5.92. The van der Waals surface area contributed by atoms with Crippen LogP contribution in [0.4, 0.5) is 5.69 Å². The topological polar surface area (TPSA) is 66.5 Å². The molecule has 0 unspecified atom stereocenters. The number of hydrogen-bond acceptors (Lipinski definition) is 3. The number of carbonyl (C=O) groups is 1. The van der Waals surface area contributed by atoms with E-state index in [2.05, 4.69) is 5.32 Å². The van der Waals surface area contributed by atoms with E-state index in [0.717, 1.165) is 17.5 Å². The highest BCUT2D eigenvalue weighted by atomic mass is 32.2. The first-order chi connectivity index (χ1) is 9.64. The predicted octanol–water partition coefficient (Wildman–Crippen LogP) is 2.15. The van der Waals surface area contributed by atoms with E-state index in [9.17, 15) is 13.2 Å².